The highest BCUT2D eigenvalue weighted by molar-refractivity contribution is 7.92. The van der Waals surface area contributed by atoms with Gasteiger partial charge in [-0.1, -0.05) is 0 Å². The molecule has 0 aromatic carbocycles. The first-order chi connectivity index (χ1) is 7.55. The van der Waals surface area contributed by atoms with Crippen molar-refractivity contribution in [2.24, 2.45) is 0 Å². The lowest BCUT2D eigenvalue weighted by molar-refractivity contribution is -0.132. The highest BCUT2D eigenvalue weighted by Crippen LogP contribution is 2.01. The number of nitriles is 1. The molecule has 7 heteroatoms. The molecule has 0 spiro atoms. The predicted molar refractivity (Wildman–Crippen MR) is 56.3 cm³/mol. The maximum absolute atomic E-state index is 11.6. The number of carbonyl (C=O) groups is 1. The zero-order chi connectivity index (χ0) is 12.0. The fraction of sp³-hybridized carbons (Fsp3) is 0.778. The number of hydrogen-bond donors (Lipinski definition) is 0. The van der Waals surface area contributed by atoms with Gasteiger partial charge in [-0.25, -0.2) is 8.42 Å². The number of hydrogen-bond acceptors (Lipinski definition) is 5. The molecule has 1 aliphatic rings. The highest BCUT2D eigenvalue weighted by Gasteiger charge is 2.22. The van der Waals surface area contributed by atoms with Crippen LogP contribution in [0.15, 0.2) is 0 Å². The molecular formula is C9H14N2O4S. The summed E-state index contributed by atoms with van der Waals surface area (Å²) in [4.78, 5) is 13.1. The van der Waals surface area contributed by atoms with Crippen LogP contribution in [0.2, 0.25) is 0 Å². The summed E-state index contributed by atoms with van der Waals surface area (Å²) in [7, 11) is -3.45. The number of sulfone groups is 1. The summed E-state index contributed by atoms with van der Waals surface area (Å²) >= 11 is 0. The summed E-state index contributed by atoms with van der Waals surface area (Å²) in [5.41, 5.74) is 0. The van der Waals surface area contributed by atoms with Gasteiger partial charge < -0.3 is 9.64 Å². The lowest BCUT2D eigenvalue weighted by Gasteiger charge is -2.26. The molecule has 1 saturated heterocycles. The van der Waals surface area contributed by atoms with Gasteiger partial charge in [0.05, 0.1) is 25.0 Å². The molecule has 90 valence electrons. The minimum absolute atomic E-state index is 0.0707. The quantitative estimate of drug-likeness (QED) is 0.646. The Hall–Kier alpha value is -1.13. The first kappa shape index (κ1) is 12.9. The van der Waals surface area contributed by atoms with Gasteiger partial charge in [0, 0.05) is 19.5 Å². The van der Waals surface area contributed by atoms with Gasteiger partial charge in [0.25, 0.3) is 0 Å². The maximum atomic E-state index is 11.6. The molecule has 0 N–H and O–H groups in total. The Bertz CT molecular complexity index is 379. The van der Waals surface area contributed by atoms with Crippen molar-refractivity contribution in [3.05, 3.63) is 0 Å². The fourth-order valence-corrected chi connectivity index (χ4v) is 2.47. The smallest absolute Gasteiger partial charge is 0.237 e. The van der Waals surface area contributed by atoms with Gasteiger partial charge in [-0.2, -0.15) is 5.26 Å². The van der Waals surface area contributed by atoms with E-state index in [-0.39, 0.29) is 12.2 Å². The van der Waals surface area contributed by atoms with Crippen LogP contribution in [-0.2, 0) is 19.4 Å². The lowest BCUT2D eigenvalue weighted by atomic mass is 10.4. The van der Waals surface area contributed by atoms with Gasteiger partial charge >= 0.3 is 0 Å². The monoisotopic (exact) mass is 246 g/mol. The number of rotatable bonds is 4. The third kappa shape index (κ3) is 4.16. The Kier molecular flexibility index (Phi) is 4.71. The summed E-state index contributed by atoms with van der Waals surface area (Å²) in [5.74, 6) is -1.16. The Labute approximate surface area is 94.7 Å². The van der Waals surface area contributed by atoms with Gasteiger partial charge in [-0.3, -0.25) is 4.79 Å². The molecule has 0 aliphatic carbocycles. The summed E-state index contributed by atoms with van der Waals surface area (Å²) in [6.07, 6.45) is -0.0707. The van der Waals surface area contributed by atoms with Crippen molar-refractivity contribution in [2.45, 2.75) is 6.42 Å². The van der Waals surface area contributed by atoms with E-state index in [1.54, 1.807) is 6.07 Å². The van der Waals surface area contributed by atoms with Crippen molar-refractivity contribution in [3.8, 4) is 6.07 Å². The Morgan fingerprint density at radius 2 is 2.00 bits per heavy atom. The van der Waals surface area contributed by atoms with Gasteiger partial charge in [-0.15, -0.1) is 0 Å². The third-order valence-electron chi connectivity index (χ3n) is 2.23. The normalized spacial score (nSPS) is 16.8. The van der Waals surface area contributed by atoms with Crippen LogP contribution in [0.3, 0.4) is 0 Å². The topological polar surface area (TPSA) is 87.5 Å². The highest BCUT2D eigenvalue weighted by atomic mass is 32.2. The molecule has 1 amide bonds. The van der Waals surface area contributed by atoms with Gasteiger partial charge in [-0.05, 0) is 0 Å². The third-order valence-corrected chi connectivity index (χ3v) is 3.74. The first-order valence-electron chi connectivity index (χ1n) is 4.98. The molecule has 1 rings (SSSR count). The van der Waals surface area contributed by atoms with E-state index in [1.807, 2.05) is 0 Å². The average Bonchev–Trinajstić information content (AvgIpc) is 2.27. The molecule has 0 aromatic heterocycles. The predicted octanol–water partition coefficient (Wildman–Crippen LogP) is -0.826. The average molecular weight is 246 g/mol. The molecular weight excluding hydrogens is 232 g/mol. The number of amides is 1. The van der Waals surface area contributed by atoms with Crippen LogP contribution in [0.4, 0.5) is 0 Å². The largest absolute Gasteiger partial charge is 0.378 e. The van der Waals surface area contributed by atoms with E-state index < -0.39 is 21.5 Å². The summed E-state index contributed by atoms with van der Waals surface area (Å²) in [5, 5.41) is 8.29. The Morgan fingerprint density at radius 1 is 1.38 bits per heavy atom. The summed E-state index contributed by atoms with van der Waals surface area (Å²) in [6.45, 7) is 1.77. The molecule has 0 saturated carbocycles. The van der Waals surface area contributed by atoms with Crippen LogP contribution in [0.25, 0.3) is 0 Å². The van der Waals surface area contributed by atoms with Crippen molar-refractivity contribution in [2.75, 3.05) is 37.8 Å². The summed E-state index contributed by atoms with van der Waals surface area (Å²) in [6, 6.07) is 1.75. The molecule has 0 atom stereocenters. The summed E-state index contributed by atoms with van der Waals surface area (Å²) < 4.78 is 27.9. The van der Waals surface area contributed by atoms with Gasteiger partial charge in [0.1, 0.15) is 5.75 Å². The minimum Gasteiger partial charge on any atom is -0.378 e. The molecule has 16 heavy (non-hydrogen) atoms. The standard InChI is InChI=1S/C9H14N2O4S/c10-2-1-7-16(13,14)8-9(12)11-3-5-15-6-4-11/h1,3-8H2. The van der Waals surface area contributed by atoms with Crippen molar-refractivity contribution in [1.29, 1.82) is 5.26 Å². The van der Waals surface area contributed by atoms with Crippen molar-refractivity contribution in [3.63, 3.8) is 0 Å². The van der Waals surface area contributed by atoms with Crippen LogP contribution >= 0.6 is 0 Å². The zero-order valence-corrected chi connectivity index (χ0v) is 9.70. The number of ether oxygens (including phenoxy) is 1. The Balaban J connectivity index is 2.46. The second-order valence-electron chi connectivity index (χ2n) is 3.49. The molecule has 0 bridgehead atoms. The van der Waals surface area contributed by atoms with Crippen molar-refractivity contribution in [1.82, 2.24) is 4.90 Å². The molecule has 0 aromatic rings. The van der Waals surface area contributed by atoms with Gasteiger partial charge in [0.2, 0.25) is 5.91 Å². The lowest BCUT2D eigenvalue weighted by Crippen LogP contribution is -2.43. The van der Waals surface area contributed by atoms with Crippen LogP contribution in [0.5, 0.6) is 0 Å². The van der Waals surface area contributed by atoms with E-state index in [2.05, 4.69) is 0 Å². The molecule has 0 radical (unpaired) electrons. The molecule has 1 aliphatic heterocycles. The van der Waals surface area contributed by atoms with E-state index in [4.69, 9.17) is 10.00 Å². The van der Waals surface area contributed by atoms with Gasteiger partial charge in [0.15, 0.2) is 9.84 Å². The van der Waals surface area contributed by atoms with Crippen molar-refractivity contribution < 1.29 is 17.9 Å². The first-order valence-corrected chi connectivity index (χ1v) is 6.80. The molecule has 0 unspecified atom stereocenters. The molecule has 1 fully saturated rings. The van der Waals surface area contributed by atoms with E-state index in [0.717, 1.165) is 0 Å². The SMILES string of the molecule is N#CCCS(=O)(=O)CC(=O)N1CCOCC1. The van der Waals surface area contributed by atoms with E-state index in [9.17, 15) is 13.2 Å². The van der Waals surface area contributed by atoms with Crippen LogP contribution in [-0.4, -0.2) is 57.0 Å². The second kappa shape index (κ2) is 5.82. The Morgan fingerprint density at radius 3 is 2.56 bits per heavy atom. The maximum Gasteiger partial charge on any atom is 0.237 e. The van der Waals surface area contributed by atoms with E-state index in [0.29, 0.717) is 26.3 Å². The second-order valence-corrected chi connectivity index (χ2v) is 5.68. The van der Waals surface area contributed by atoms with Crippen LogP contribution in [0, 0.1) is 11.3 Å². The molecule has 1 heterocycles. The minimum atomic E-state index is -3.45. The van der Waals surface area contributed by atoms with E-state index >= 15 is 0 Å². The number of nitrogens with zero attached hydrogens (tertiary/aromatic N) is 2. The fourth-order valence-electron chi connectivity index (χ4n) is 1.37. The zero-order valence-electron chi connectivity index (χ0n) is 8.89. The van der Waals surface area contributed by atoms with Crippen LogP contribution < -0.4 is 0 Å². The van der Waals surface area contributed by atoms with E-state index in [1.165, 1.54) is 4.90 Å². The number of morpholine rings is 1. The van der Waals surface area contributed by atoms with Crippen LogP contribution in [0.1, 0.15) is 6.42 Å². The number of carbonyl (C=O) groups excluding carboxylic acids is 1. The van der Waals surface area contributed by atoms with Crippen molar-refractivity contribution >= 4 is 15.7 Å². The molecule has 6 nitrogen and oxygen atoms in total.